The number of likely N-dealkylation sites (N-methyl/N-ethyl adjacent to an activating group) is 1. The molecule has 0 radical (unpaired) electrons. The first-order chi connectivity index (χ1) is 14.1. The first kappa shape index (κ1) is 23.5. The molecule has 1 unspecified atom stereocenters. The number of nitriles is 1. The van der Waals surface area contributed by atoms with Crippen molar-refractivity contribution in [3.8, 4) is 6.07 Å². The Bertz CT molecular complexity index is 745. The van der Waals surface area contributed by atoms with E-state index in [9.17, 15) is 0 Å². The molecule has 0 aromatic heterocycles. The van der Waals surface area contributed by atoms with Gasteiger partial charge in [0.25, 0.3) is 0 Å². The molecule has 3 rings (SSSR count). The maximum absolute atomic E-state index is 7.32. The van der Waals surface area contributed by atoms with E-state index in [-0.39, 0.29) is 4.87 Å². The van der Waals surface area contributed by atoms with Gasteiger partial charge in [-0.1, -0.05) is 68.4 Å². The SMILES string of the molecule is CC#N.CCC(CCc1ccc(C2(Cl)CC2)cc1)N(CC)CCc1ccccc1. The van der Waals surface area contributed by atoms with Crippen molar-refractivity contribution in [3.63, 3.8) is 0 Å². The molecule has 2 aromatic carbocycles. The quantitative estimate of drug-likeness (QED) is 0.406. The average molecular weight is 411 g/mol. The van der Waals surface area contributed by atoms with Crippen molar-refractivity contribution in [2.75, 3.05) is 13.1 Å². The van der Waals surface area contributed by atoms with Gasteiger partial charge in [-0.2, -0.15) is 5.26 Å². The number of nitrogens with zero attached hydrogens (tertiary/aromatic N) is 2. The number of hydrogen-bond acceptors (Lipinski definition) is 2. The van der Waals surface area contributed by atoms with Crippen molar-refractivity contribution >= 4 is 11.6 Å². The Morgan fingerprint density at radius 1 is 1.00 bits per heavy atom. The molecule has 1 fully saturated rings. The van der Waals surface area contributed by atoms with Crippen LogP contribution in [0, 0.1) is 11.3 Å². The third-order valence-electron chi connectivity index (χ3n) is 5.85. The smallest absolute Gasteiger partial charge is 0.0696 e. The van der Waals surface area contributed by atoms with Gasteiger partial charge in [0, 0.05) is 19.5 Å². The third-order valence-corrected chi connectivity index (χ3v) is 6.45. The summed E-state index contributed by atoms with van der Waals surface area (Å²) in [5, 5.41) is 7.32. The summed E-state index contributed by atoms with van der Waals surface area (Å²) in [5.41, 5.74) is 4.17. The molecule has 156 valence electrons. The van der Waals surface area contributed by atoms with Crippen molar-refractivity contribution in [3.05, 3.63) is 71.3 Å². The van der Waals surface area contributed by atoms with E-state index in [1.165, 1.54) is 36.5 Å². The number of alkyl halides is 1. The number of hydrogen-bond donors (Lipinski definition) is 0. The Labute approximate surface area is 182 Å². The van der Waals surface area contributed by atoms with Gasteiger partial charge in [0.1, 0.15) is 0 Å². The zero-order chi connectivity index (χ0) is 21.1. The van der Waals surface area contributed by atoms with Crippen LogP contribution in [-0.4, -0.2) is 24.0 Å². The van der Waals surface area contributed by atoms with Crippen LogP contribution in [0.15, 0.2) is 54.6 Å². The van der Waals surface area contributed by atoms with Gasteiger partial charge in [-0.15, -0.1) is 11.6 Å². The first-order valence-electron chi connectivity index (χ1n) is 10.9. The van der Waals surface area contributed by atoms with Crippen molar-refractivity contribution in [2.45, 2.75) is 70.2 Å². The Morgan fingerprint density at radius 2 is 1.59 bits per heavy atom. The van der Waals surface area contributed by atoms with Crippen molar-refractivity contribution < 1.29 is 0 Å². The van der Waals surface area contributed by atoms with E-state index in [1.54, 1.807) is 6.07 Å². The van der Waals surface area contributed by atoms with E-state index in [4.69, 9.17) is 16.9 Å². The van der Waals surface area contributed by atoms with Crippen molar-refractivity contribution in [1.29, 1.82) is 5.26 Å². The summed E-state index contributed by atoms with van der Waals surface area (Å²) >= 11 is 6.51. The number of benzene rings is 2. The van der Waals surface area contributed by atoms with Crippen LogP contribution in [0.2, 0.25) is 0 Å². The molecule has 0 saturated heterocycles. The van der Waals surface area contributed by atoms with E-state index in [2.05, 4.69) is 73.3 Å². The molecule has 1 aliphatic rings. The van der Waals surface area contributed by atoms with Gasteiger partial charge in [0.2, 0.25) is 0 Å². The van der Waals surface area contributed by atoms with Crippen molar-refractivity contribution in [1.82, 2.24) is 4.90 Å². The van der Waals surface area contributed by atoms with Gasteiger partial charge in [-0.05, 0) is 61.8 Å². The van der Waals surface area contributed by atoms with E-state index >= 15 is 0 Å². The van der Waals surface area contributed by atoms with Crippen molar-refractivity contribution in [2.24, 2.45) is 0 Å². The Hall–Kier alpha value is -1.82. The minimum absolute atomic E-state index is 0.0407. The Balaban J connectivity index is 0.000000941. The van der Waals surface area contributed by atoms with Gasteiger partial charge in [0.15, 0.2) is 0 Å². The molecule has 0 bridgehead atoms. The minimum Gasteiger partial charge on any atom is -0.300 e. The highest BCUT2D eigenvalue weighted by atomic mass is 35.5. The summed E-state index contributed by atoms with van der Waals surface area (Å²) in [6, 6.07) is 22.3. The zero-order valence-electron chi connectivity index (χ0n) is 18.2. The molecule has 0 aliphatic heterocycles. The van der Waals surface area contributed by atoms with E-state index in [0.717, 1.165) is 38.8 Å². The van der Waals surface area contributed by atoms with Gasteiger partial charge in [0.05, 0.1) is 10.9 Å². The summed E-state index contributed by atoms with van der Waals surface area (Å²) in [6.45, 7) is 8.31. The number of aryl methyl sites for hydroxylation is 1. The second kappa shape index (κ2) is 12.0. The molecular weight excluding hydrogens is 376 g/mol. The van der Waals surface area contributed by atoms with Crippen LogP contribution >= 0.6 is 11.6 Å². The molecule has 3 heteroatoms. The van der Waals surface area contributed by atoms with Crippen LogP contribution in [0.25, 0.3) is 0 Å². The highest BCUT2D eigenvalue weighted by molar-refractivity contribution is 6.25. The normalized spacial score (nSPS) is 15.2. The molecule has 2 aromatic rings. The summed E-state index contributed by atoms with van der Waals surface area (Å²) in [6.07, 6.45) is 6.97. The second-order valence-corrected chi connectivity index (χ2v) is 8.57. The van der Waals surface area contributed by atoms with Crippen LogP contribution in [-0.2, 0) is 17.7 Å². The summed E-state index contributed by atoms with van der Waals surface area (Å²) < 4.78 is 0. The highest BCUT2D eigenvalue weighted by Crippen LogP contribution is 2.51. The molecule has 0 amide bonds. The topological polar surface area (TPSA) is 27.0 Å². The lowest BCUT2D eigenvalue weighted by molar-refractivity contribution is 0.193. The highest BCUT2D eigenvalue weighted by Gasteiger charge is 2.41. The fourth-order valence-corrected chi connectivity index (χ4v) is 4.08. The largest absolute Gasteiger partial charge is 0.300 e. The zero-order valence-corrected chi connectivity index (χ0v) is 19.0. The van der Waals surface area contributed by atoms with E-state index < -0.39 is 0 Å². The lowest BCUT2D eigenvalue weighted by Crippen LogP contribution is -2.36. The van der Waals surface area contributed by atoms with Gasteiger partial charge < -0.3 is 4.90 Å². The number of rotatable bonds is 10. The predicted octanol–water partition coefficient (Wildman–Crippen LogP) is 6.72. The third kappa shape index (κ3) is 7.50. The summed E-state index contributed by atoms with van der Waals surface area (Å²) in [5.74, 6) is 0. The van der Waals surface area contributed by atoms with Crippen LogP contribution in [0.4, 0.5) is 0 Å². The van der Waals surface area contributed by atoms with Crippen LogP contribution in [0.5, 0.6) is 0 Å². The first-order valence-corrected chi connectivity index (χ1v) is 11.3. The second-order valence-electron chi connectivity index (χ2n) is 7.85. The molecule has 2 nitrogen and oxygen atoms in total. The molecule has 0 heterocycles. The molecule has 0 spiro atoms. The van der Waals surface area contributed by atoms with Crippen LogP contribution < -0.4 is 0 Å². The molecule has 1 saturated carbocycles. The molecule has 0 N–H and O–H groups in total. The van der Waals surface area contributed by atoms with E-state index in [1.807, 2.05) is 0 Å². The average Bonchev–Trinajstić information content (AvgIpc) is 3.50. The summed E-state index contributed by atoms with van der Waals surface area (Å²) in [4.78, 5) is 2.61. The molecular formula is C26H35ClN2. The number of halogens is 1. The molecule has 1 aliphatic carbocycles. The molecule has 29 heavy (non-hydrogen) atoms. The predicted molar refractivity (Wildman–Crippen MR) is 124 cm³/mol. The minimum atomic E-state index is -0.0407. The lowest BCUT2D eigenvalue weighted by Gasteiger charge is -2.30. The Morgan fingerprint density at radius 3 is 2.10 bits per heavy atom. The fourth-order valence-electron chi connectivity index (χ4n) is 3.86. The Kier molecular flexibility index (Phi) is 9.71. The van der Waals surface area contributed by atoms with Gasteiger partial charge in [-0.3, -0.25) is 0 Å². The monoisotopic (exact) mass is 410 g/mol. The van der Waals surface area contributed by atoms with Crippen LogP contribution in [0.3, 0.4) is 0 Å². The maximum atomic E-state index is 7.32. The standard InChI is InChI=1S/C24H32ClN.C2H3N/c1-3-23(26(4-2)19-16-20-8-6-5-7-9-20)15-12-21-10-13-22(14-11-21)24(25)17-18-24;1-2-3/h5-11,13-14,23H,3-4,12,15-19H2,1-2H3;1H3. The lowest BCUT2D eigenvalue weighted by atomic mass is 9.99. The maximum Gasteiger partial charge on any atom is 0.0696 e. The fraction of sp³-hybridized carbons (Fsp3) is 0.500. The molecule has 1 atom stereocenters. The van der Waals surface area contributed by atoms with E-state index in [0.29, 0.717) is 6.04 Å². The van der Waals surface area contributed by atoms with Crippen LogP contribution in [0.1, 0.15) is 63.1 Å². The summed E-state index contributed by atoms with van der Waals surface area (Å²) in [7, 11) is 0. The van der Waals surface area contributed by atoms with Gasteiger partial charge >= 0.3 is 0 Å². The van der Waals surface area contributed by atoms with Gasteiger partial charge in [-0.25, -0.2) is 0 Å².